The summed E-state index contributed by atoms with van der Waals surface area (Å²) in [6, 6.07) is 7.31. The molecule has 0 bridgehead atoms. The van der Waals surface area contributed by atoms with Gasteiger partial charge < -0.3 is 5.32 Å². The molecule has 0 radical (unpaired) electrons. The number of hydrogen-bond acceptors (Lipinski definition) is 1. The molecule has 2 aromatic rings. The van der Waals surface area contributed by atoms with Gasteiger partial charge in [0, 0.05) is 14.5 Å². The van der Waals surface area contributed by atoms with Crippen LogP contribution in [0.5, 0.6) is 0 Å². The molecule has 1 unspecified atom stereocenters. The molecule has 1 heterocycles. The number of anilines is 1. The zero-order valence-electron chi connectivity index (χ0n) is 10.6. The van der Waals surface area contributed by atoms with Gasteiger partial charge in [-0.15, -0.1) is 0 Å². The van der Waals surface area contributed by atoms with Gasteiger partial charge >= 0.3 is 0 Å². The lowest BCUT2D eigenvalue weighted by Crippen LogP contribution is -2.15. The number of nitrogens with one attached hydrogen (secondary N) is 1. The summed E-state index contributed by atoms with van der Waals surface area (Å²) in [6.45, 7) is 0. The Morgan fingerprint density at radius 1 is 1.14 bits per heavy atom. The first kappa shape index (κ1) is 14.7. The van der Waals surface area contributed by atoms with Crippen LogP contribution < -0.4 is 5.32 Å². The molecule has 108 valence electrons. The van der Waals surface area contributed by atoms with Crippen molar-refractivity contribution in [1.82, 2.24) is 0 Å². The third-order valence-corrected chi connectivity index (χ3v) is 4.58. The fraction of sp³-hybridized carbons (Fsp3) is 0.133. The van der Waals surface area contributed by atoms with E-state index in [1.165, 1.54) is 18.2 Å². The van der Waals surface area contributed by atoms with Crippen LogP contribution in [0.15, 0.2) is 39.3 Å². The van der Waals surface area contributed by atoms with E-state index in [1.54, 1.807) is 6.07 Å². The average Bonchev–Trinajstić information content (AvgIpc) is 2.71. The van der Waals surface area contributed by atoms with Crippen LogP contribution in [0.25, 0.3) is 0 Å². The van der Waals surface area contributed by atoms with Gasteiger partial charge in [0.25, 0.3) is 0 Å². The molecule has 1 aliphatic rings. The van der Waals surface area contributed by atoms with Crippen LogP contribution in [0.3, 0.4) is 0 Å². The van der Waals surface area contributed by atoms with Crippen LogP contribution in [0.1, 0.15) is 17.0 Å². The number of hydrogen-bond donors (Lipinski definition) is 1. The van der Waals surface area contributed by atoms with Gasteiger partial charge in [0.2, 0.25) is 5.91 Å². The Bertz CT molecular complexity index is 728. The van der Waals surface area contributed by atoms with Crippen LogP contribution in [-0.4, -0.2) is 5.91 Å². The molecule has 0 aromatic heterocycles. The van der Waals surface area contributed by atoms with Crippen LogP contribution in [0.2, 0.25) is 0 Å². The molecule has 2 nitrogen and oxygen atoms in total. The first-order valence-corrected chi connectivity index (χ1v) is 7.78. The summed E-state index contributed by atoms with van der Waals surface area (Å²) in [5.41, 5.74) is 1.32. The van der Waals surface area contributed by atoms with Gasteiger partial charge in [-0.1, -0.05) is 22.0 Å². The molecule has 21 heavy (non-hydrogen) atoms. The van der Waals surface area contributed by atoms with Crippen LogP contribution in [-0.2, 0) is 11.2 Å². The minimum atomic E-state index is -0.634. The molecule has 1 atom stereocenters. The van der Waals surface area contributed by atoms with Crippen molar-refractivity contribution in [2.24, 2.45) is 0 Å². The van der Waals surface area contributed by atoms with Crippen molar-refractivity contribution in [3.8, 4) is 0 Å². The normalized spacial score (nSPS) is 16.8. The summed E-state index contributed by atoms with van der Waals surface area (Å²) in [4.78, 5) is 12.1. The van der Waals surface area contributed by atoms with Crippen molar-refractivity contribution >= 4 is 43.5 Å². The van der Waals surface area contributed by atoms with Crippen LogP contribution in [0, 0.1) is 11.6 Å². The first-order valence-electron chi connectivity index (χ1n) is 6.20. The highest BCUT2D eigenvalue weighted by atomic mass is 79.9. The first-order chi connectivity index (χ1) is 9.97. The Morgan fingerprint density at radius 3 is 2.48 bits per heavy atom. The van der Waals surface area contributed by atoms with E-state index < -0.39 is 17.6 Å². The quantitative estimate of drug-likeness (QED) is 0.750. The molecular formula is C15H9Br2F2NO. The third kappa shape index (κ3) is 2.62. The van der Waals surface area contributed by atoms with Crippen molar-refractivity contribution in [3.63, 3.8) is 0 Å². The van der Waals surface area contributed by atoms with Gasteiger partial charge in [0.1, 0.15) is 11.6 Å². The van der Waals surface area contributed by atoms with E-state index in [4.69, 9.17) is 0 Å². The maximum Gasteiger partial charge on any atom is 0.232 e. The summed E-state index contributed by atoms with van der Waals surface area (Å²) < 4.78 is 29.1. The minimum Gasteiger partial charge on any atom is -0.324 e. The lowest BCUT2D eigenvalue weighted by Gasteiger charge is -2.11. The van der Waals surface area contributed by atoms with E-state index in [-0.39, 0.29) is 17.9 Å². The van der Waals surface area contributed by atoms with E-state index >= 15 is 0 Å². The van der Waals surface area contributed by atoms with Gasteiger partial charge in [0.05, 0.1) is 11.6 Å². The van der Waals surface area contributed by atoms with E-state index in [9.17, 15) is 13.6 Å². The lowest BCUT2D eigenvalue weighted by molar-refractivity contribution is -0.117. The molecule has 1 aliphatic heterocycles. The SMILES string of the molecule is O=C1Nc2c(Br)cc(Br)cc2C1Cc1c(F)cccc1F. The van der Waals surface area contributed by atoms with Gasteiger partial charge in [-0.2, -0.15) is 0 Å². The monoisotopic (exact) mass is 415 g/mol. The zero-order chi connectivity index (χ0) is 15.1. The number of halogens is 4. The van der Waals surface area contributed by atoms with E-state index in [1.807, 2.05) is 6.07 Å². The van der Waals surface area contributed by atoms with Gasteiger partial charge in [-0.05, 0) is 52.2 Å². The zero-order valence-corrected chi connectivity index (χ0v) is 13.8. The van der Waals surface area contributed by atoms with Gasteiger partial charge in [-0.3, -0.25) is 4.79 Å². The highest BCUT2D eigenvalue weighted by Gasteiger charge is 2.33. The Labute approximate surface area is 136 Å². The van der Waals surface area contributed by atoms with Crippen LogP contribution >= 0.6 is 31.9 Å². The topological polar surface area (TPSA) is 29.1 Å². The summed E-state index contributed by atoms with van der Waals surface area (Å²) in [5, 5.41) is 2.75. The molecule has 3 rings (SSSR count). The largest absolute Gasteiger partial charge is 0.324 e. The van der Waals surface area contributed by atoms with Crippen molar-refractivity contribution in [2.75, 3.05) is 5.32 Å². The number of rotatable bonds is 2. The molecule has 1 amide bonds. The van der Waals surface area contributed by atoms with Crippen molar-refractivity contribution in [1.29, 1.82) is 0 Å². The van der Waals surface area contributed by atoms with Gasteiger partial charge in [0.15, 0.2) is 0 Å². The molecule has 6 heteroatoms. The van der Waals surface area contributed by atoms with E-state index in [0.29, 0.717) is 5.69 Å². The molecule has 2 aromatic carbocycles. The van der Waals surface area contributed by atoms with Crippen LogP contribution in [0.4, 0.5) is 14.5 Å². The number of amides is 1. The Morgan fingerprint density at radius 2 is 1.81 bits per heavy atom. The number of carbonyl (C=O) groups excluding carboxylic acids is 1. The average molecular weight is 417 g/mol. The lowest BCUT2D eigenvalue weighted by atomic mass is 9.93. The summed E-state index contributed by atoms with van der Waals surface area (Å²) in [7, 11) is 0. The maximum absolute atomic E-state index is 13.8. The Kier molecular flexibility index (Phi) is 3.84. The van der Waals surface area contributed by atoms with Crippen molar-refractivity contribution < 1.29 is 13.6 Å². The molecule has 0 spiro atoms. The Hall–Kier alpha value is -1.27. The summed E-state index contributed by atoms with van der Waals surface area (Å²) >= 11 is 6.73. The van der Waals surface area contributed by atoms with E-state index in [0.717, 1.165) is 14.5 Å². The molecular weight excluding hydrogens is 408 g/mol. The smallest absolute Gasteiger partial charge is 0.232 e. The van der Waals surface area contributed by atoms with Crippen molar-refractivity contribution in [3.05, 3.63) is 62.0 Å². The predicted octanol–water partition coefficient (Wildman–Crippen LogP) is 4.77. The predicted molar refractivity (Wildman–Crippen MR) is 83.3 cm³/mol. The fourth-order valence-corrected chi connectivity index (χ4v) is 3.84. The highest BCUT2D eigenvalue weighted by molar-refractivity contribution is 9.11. The third-order valence-electron chi connectivity index (χ3n) is 3.50. The molecule has 0 aliphatic carbocycles. The van der Waals surface area contributed by atoms with E-state index in [2.05, 4.69) is 37.2 Å². The molecule has 0 saturated heterocycles. The number of carbonyl (C=O) groups is 1. The second kappa shape index (κ2) is 5.50. The second-order valence-corrected chi connectivity index (χ2v) is 6.57. The summed E-state index contributed by atoms with van der Waals surface area (Å²) in [5.74, 6) is -2.14. The van der Waals surface area contributed by atoms with Crippen molar-refractivity contribution in [2.45, 2.75) is 12.3 Å². The highest BCUT2D eigenvalue weighted by Crippen LogP contribution is 2.41. The maximum atomic E-state index is 13.8. The standard InChI is InChI=1S/C15H9Br2F2NO/c16-7-4-8-9(15(21)20-14(8)11(17)5-7)6-10-12(18)2-1-3-13(10)19/h1-5,9H,6H2,(H,20,21). The number of fused-ring (bicyclic) bond motifs is 1. The summed E-state index contributed by atoms with van der Waals surface area (Å²) in [6.07, 6.45) is -0.0137. The Balaban J connectivity index is 2.04. The number of benzene rings is 2. The molecule has 0 saturated carbocycles. The fourth-order valence-electron chi connectivity index (χ4n) is 2.49. The molecule has 0 fully saturated rings. The second-order valence-electron chi connectivity index (χ2n) is 4.80. The minimum absolute atomic E-state index is 0.0137. The van der Waals surface area contributed by atoms with Gasteiger partial charge in [-0.25, -0.2) is 8.78 Å². The molecule has 1 N–H and O–H groups in total.